The number of hydrogen-bond acceptors (Lipinski definition) is 4. The van der Waals surface area contributed by atoms with E-state index in [2.05, 4.69) is 10.5 Å². The Kier molecular flexibility index (Phi) is 5.66. The van der Waals surface area contributed by atoms with E-state index >= 15 is 0 Å². The predicted octanol–water partition coefficient (Wildman–Crippen LogP) is 3.82. The Morgan fingerprint density at radius 1 is 1.15 bits per heavy atom. The van der Waals surface area contributed by atoms with E-state index in [-0.39, 0.29) is 23.5 Å². The van der Waals surface area contributed by atoms with Crippen LogP contribution in [0.5, 0.6) is 0 Å². The molecule has 0 aliphatic heterocycles. The van der Waals surface area contributed by atoms with Crippen molar-refractivity contribution >= 4 is 5.91 Å². The van der Waals surface area contributed by atoms with E-state index in [4.69, 9.17) is 4.52 Å². The van der Waals surface area contributed by atoms with Crippen molar-refractivity contribution in [2.75, 3.05) is 20.6 Å². The van der Waals surface area contributed by atoms with E-state index < -0.39 is 0 Å². The van der Waals surface area contributed by atoms with E-state index in [9.17, 15) is 9.18 Å². The number of halogens is 1. The summed E-state index contributed by atoms with van der Waals surface area (Å²) in [6.07, 6.45) is 0. The molecule has 1 N–H and O–H groups in total. The van der Waals surface area contributed by atoms with Crippen LogP contribution in [0.4, 0.5) is 4.39 Å². The first-order valence-electron chi connectivity index (χ1n) is 8.68. The van der Waals surface area contributed by atoms with Crippen molar-refractivity contribution in [1.29, 1.82) is 0 Å². The van der Waals surface area contributed by atoms with Crippen LogP contribution in [0, 0.1) is 12.7 Å². The second-order valence-corrected chi connectivity index (χ2v) is 6.68. The fraction of sp³-hybridized carbons (Fsp3) is 0.238. The molecule has 27 heavy (non-hydrogen) atoms. The van der Waals surface area contributed by atoms with Crippen molar-refractivity contribution in [3.05, 3.63) is 77.2 Å². The van der Waals surface area contributed by atoms with Crippen LogP contribution in [0.25, 0.3) is 11.3 Å². The number of aromatic nitrogens is 1. The van der Waals surface area contributed by atoms with Crippen molar-refractivity contribution in [3.8, 4) is 11.3 Å². The second kappa shape index (κ2) is 8.14. The lowest BCUT2D eigenvalue weighted by Crippen LogP contribution is -2.34. The lowest BCUT2D eigenvalue weighted by molar-refractivity contribution is 0.0933. The van der Waals surface area contributed by atoms with Gasteiger partial charge in [0.25, 0.3) is 5.91 Å². The van der Waals surface area contributed by atoms with Crippen molar-refractivity contribution in [2.45, 2.75) is 13.0 Å². The van der Waals surface area contributed by atoms with Gasteiger partial charge in [-0.15, -0.1) is 0 Å². The van der Waals surface area contributed by atoms with E-state index in [1.165, 1.54) is 12.1 Å². The molecule has 5 nitrogen and oxygen atoms in total. The summed E-state index contributed by atoms with van der Waals surface area (Å²) in [5, 5.41) is 6.74. The van der Waals surface area contributed by atoms with Crippen LogP contribution in [-0.4, -0.2) is 36.6 Å². The number of rotatable bonds is 6. The number of amides is 1. The maximum atomic E-state index is 13.1. The Morgan fingerprint density at radius 2 is 1.81 bits per heavy atom. The fourth-order valence-electron chi connectivity index (χ4n) is 2.80. The Bertz CT molecular complexity index is 902. The van der Waals surface area contributed by atoms with Crippen molar-refractivity contribution < 1.29 is 13.7 Å². The Morgan fingerprint density at radius 3 is 2.44 bits per heavy atom. The minimum atomic E-state index is -0.314. The summed E-state index contributed by atoms with van der Waals surface area (Å²) in [5.74, 6) is -0.0551. The molecule has 2 aromatic carbocycles. The smallest absolute Gasteiger partial charge is 0.273 e. The van der Waals surface area contributed by atoms with E-state index in [1.54, 1.807) is 18.2 Å². The summed E-state index contributed by atoms with van der Waals surface area (Å²) in [4.78, 5) is 14.4. The summed E-state index contributed by atoms with van der Waals surface area (Å²) in [5.41, 5.74) is 3.15. The normalized spacial score (nSPS) is 12.2. The summed E-state index contributed by atoms with van der Waals surface area (Å²) in [7, 11) is 3.82. The van der Waals surface area contributed by atoms with Crippen LogP contribution >= 0.6 is 0 Å². The first-order chi connectivity index (χ1) is 12.9. The zero-order chi connectivity index (χ0) is 19.4. The first-order valence-corrected chi connectivity index (χ1v) is 8.68. The lowest BCUT2D eigenvalue weighted by atomic mass is 10.1. The van der Waals surface area contributed by atoms with Crippen LogP contribution in [0.1, 0.15) is 27.7 Å². The molecule has 1 atom stereocenters. The highest BCUT2D eigenvalue weighted by molar-refractivity contribution is 5.93. The number of likely N-dealkylation sites (N-methyl/N-ethyl adjacent to an activating group) is 1. The molecule has 3 aromatic rings. The summed E-state index contributed by atoms with van der Waals surface area (Å²) < 4.78 is 18.4. The fourth-order valence-corrected chi connectivity index (χ4v) is 2.80. The largest absolute Gasteiger partial charge is 0.355 e. The highest BCUT2D eigenvalue weighted by atomic mass is 19.1. The Balaban J connectivity index is 1.67. The first kappa shape index (κ1) is 18.8. The number of nitrogens with zero attached hydrogens (tertiary/aromatic N) is 2. The van der Waals surface area contributed by atoms with Crippen molar-refractivity contribution in [3.63, 3.8) is 0 Å². The Hall–Kier alpha value is -2.99. The van der Waals surface area contributed by atoms with E-state index in [1.807, 2.05) is 50.2 Å². The van der Waals surface area contributed by atoms with E-state index in [0.717, 1.165) is 16.7 Å². The lowest BCUT2D eigenvalue weighted by Gasteiger charge is -2.25. The SMILES string of the molecule is Cc1ccc(-c2cc(C(=O)NC[C@H](c3ccc(F)cc3)N(C)C)no2)cc1. The Labute approximate surface area is 157 Å². The van der Waals surface area contributed by atoms with Gasteiger partial charge < -0.3 is 14.7 Å². The average molecular weight is 367 g/mol. The third-order valence-corrected chi connectivity index (χ3v) is 4.41. The molecule has 1 aromatic heterocycles. The van der Waals surface area contributed by atoms with Crippen LogP contribution in [0.3, 0.4) is 0 Å². The van der Waals surface area contributed by atoms with Crippen LogP contribution in [-0.2, 0) is 0 Å². The third-order valence-electron chi connectivity index (χ3n) is 4.41. The van der Waals surface area contributed by atoms with Gasteiger partial charge in [0, 0.05) is 18.2 Å². The van der Waals surface area contributed by atoms with Gasteiger partial charge in [0.05, 0.1) is 6.04 Å². The number of carbonyl (C=O) groups excluding carboxylic acids is 1. The van der Waals surface area contributed by atoms with Crippen LogP contribution in [0.15, 0.2) is 59.1 Å². The monoisotopic (exact) mass is 367 g/mol. The molecule has 1 heterocycles. The number of nitrogens with one attached hydrogen (secondary N) is 1. The van der Waals surface area contributed by atoms with Crippen molar-refractivity contribution in [2.24, 2.45) is 0 Å². The number of aryl methyl sites for hydroxylation is 1. The van der Waals surface area contributed by atoms with Gasteiger partial charge in [-0.25, -0.2) is 4.39 Å². The summed E-state index contributed by atoms with van der Waals surface area (Å²) in [6, 6.07) is 15.6. The minimum absolute atomic E-state index is 0.0852. The van der Waals surface area contributed by atoms with Gasteiger partial charge in [-0.1, -0.05) is 47.1 Å². The van der Waals surface area contributed by atoms with Crippen molar-refractivity contribution in [1.82, 2.24) is 15.4 Å². The van der Waals surface area contributed by atoms with Gasteiger partial charge in [-0.2, -0.15) is 0 Å². The summed E-state index contributed by atoms with van der Waals surface area (Å²) in [6.45, 7) is 2.37. The molecule has 3 rings (SSSR count). The molecule has 140 valence electrons. The average Bonchev–Trinajstić information content (AvgIpc) is 3.14. The highest BCUT2D eigenvalue weighted by Crippen LogP contribution is 2.21. The van der Waals surface area contributed by atoms with Gasteiger partial charge >= 0.3 is 0 Å². The molecule has 6 heteroatoms. The van der Waals surface area contributed by atoms with E-state index in [0.29, 0.717) is 12.3 Å². The molecule has 0 aliphatic rings. The molecule has 0 fully saturated rings. The van der Waals surface area contributed by atoms with Gasteiger partial charge in [-0.3, -0.25) is 4.79 Å². The van der Waals surface area contributed by atoms with Gasteiger partial charge in [0.2, 0.25) is 0 Å². The zero-order valence-electron chi connectivity index (χ0n) is 15.6. The molecule has 1 amide bonds. The molecule has 0 bridgehead atoms. The molecule has 0 radical (unpaired) electrons. The van der Waals surface area contributed by atoms with Gasteiger partial charge in [0.1, 0.15) is 5.82 Å². The molecule has 0 aliphatic carbocycles. The minimum Gasteiger partial charge on any atom is -0.355 e. The van der Waals surface area contributed by atoms with Crippen LogP contribution in [0.2, 0.25) is 0 Å². The molecular weight excluding hydrogens is 345 g/mol. The zero-order valence-corrected chi connectivity index (χ0v) is 15.6. The van der Waals surface area contributed by atoms with Gasteiger partial charge in [0.15, 0.2) is 11.5 Å². The third kappa shape index (κ3) is 4.60. The number of benzene rings is 2. The van der Waals surface area contributed by atoms with Crippen LogP contribution < -0.4 is 5.32 Å². The number of hydrogen-bond donors (Lipinski definition) is 1. The number of carbonyl (C=O) groups is 1. The highest BCUT2D eigenvalue weighted by Gasteiger charge is 2.18. The second-order valence-electron chi connectivity index (χ2n) is 6.68. The standard InChI is InChI=1S/C21H22FN3O2/c1-14-4-6-16(7-5-14)20-12-18(24-27-20)21(26)23-13-19(25(2)3)15-8-10-17(22)11-9-15/h4-12,19H,13H2,1-3H3,(H,23,26)/t19-/m1/s1. The topological polar surface area (TPSA) is 58.4 Å². The van der Waals surface area contributed by atoms with Gasteiger partial charge in [-0.05, 0) is 38.7 Å². The predicted molar refractivity (Wildman–Crippen MR) is 102 cm³/mol. The summed E-state index contributed by atoms with van der Waals surface area (Å²) >= 11 is 0. The molecule has 0 spiro atoms. The quantitative estimate of drug-likeness (QED) is 0.720. The molecule has 0 unspecified atom stereocenters. The maximum Gasteiger partial charge on any atom is 0.273 e. The molecule has 0 saturated carbocycles. The molecule has 0 saturated heterocycles. The molecular formula is C21H22FN3O2. The maximum absolute atomic E-state index is 13.1.